The first-order valence-corrected chi connectivity index (χ1v) is 18.5. The monoisotopic (exact) mass is 704 g/mol. The molecule has 0 radical (unpaired) electrons. The minimum absolute atomic E-state index is 0.0914. The first-order valence-electron chi connectivity index (χ1n) is 18.5. The summed E-state index contributed by atoms with van der Waals surface area (Å²) in [6, 6.07) is 0.600. The summed E-state index contributed by atoms with van der Waals surface area (Å²) in [5.74, 6) is -1.05. The highest BCUT2D eigenvalue weighted by molar-refractivity contribution is 5.70. The lowest BCUT2D eigenvalue weighted by atomic mass is 10.2. The van der Waals surface area contributed by atoms with Crippen molar-refractivity contribution in [2.45, 2.75) is 122 Å². The van der Waals surface area contributed by atoms with Gasteiger partial charge in [0.1, 0.15) is 0 Å². The summed E-state index contributed by atoms with van der Waals surface area (Å²) in [4.78, 5) is 50.2. The van der Waals surface area contributed by atoms with E-state index < -0.39 is 0 Å². The normalized spacial score (nSPS) is 12.4. The first-order chi connectivity index (χ1) is 23.7. The van der Waals surface area contributed by atoms with Gasteiger partial charge in [-0.15, -0.1) is 0 Å². The van der Waals surface area contributed by atoms with Crippen molar-refractivity contribution in [1.82, 2.24) is 15.5 Å². The summed E-state index contributed by atoms with van der Waals surface area (Å²) in [5, 5.41) is 15.7. The van der Waals surface area contributed by atoms with Crippen molar-refractivity contribution in [1.29, 1.82) is 0 Å². The number of hydrogen-bond donors (Lipinski definition) is 5. The highest BCUT2D eigenvalue weighted by Gasteiger charge is 2.13. The van der Waals surface area contributed by atoms with Gasteiger partial charge in [-0.1, -0.05) is 0 Å². The Kier molecular flexibility index (Phi) is 32.5. The number of rotatable bonds is 35. The van der Waals surface area contributed by atoms with Crippen LogP contribution in [0, 0.1) is 0 Å². The minimum Gasteiger partial charge on any atom is -0.466 e. The van der Waals surface area contributed by atoms with Crippen LogP contribution >= 0.6 is 0 Å². The van der Waals surface area contributed by atoms with E-state index in [1.807, 2.05) is 11.8 Å². The van der Waals surface area contributed by atoms with Gasteiger partial charge in [-0.25, -0.2) is 0 Å². The fraction of sp³-hybridized carbons (Fsp3) is 0.886. The fourth-order valence-corrected chi connectivity index (χ4v) is 4.80. The molecule has 0 aromatic heterocycles. The molecule has 2 atom stereocenters. The highest BCUT2D eigenvalue weighted by atomic mass is 16.5. The molecule has 0 aliphatic rings. The van der Waals surface area contributed by atoms with Crippen LogP contribution in [0.15, 0.2) is 0 Å². The predicted molar refractivity (Wildman–Crippen MR) is 190 cm³/mol. The second-order valence-corrected chi connectivity index (χ2v) is 12.5. The lowest BCUT2D eigenvalue weighted by molar-refractivity contribution is -0.145. The van der Waals surface area contributed by atoms with Crippen molar-refractivity contribution in [3.8, 4) is 0 Å². The molecular formula is C35H69N5O9. The lowest BCUT2D eigenvalue weighted by Gasteiger charge is -2.21. The van der Waals surface area contributed by atoms with Crippen LogP contribution in [-0.2, 0) is 38.1 Å². The van der Waals surface area contributed by atoms with E-state index >= 15 is 0 Å². The third-order valence-corrected chi connectivity index (χ3v) is 7.86. The average molecular weight is 704 g/mol. The standard InChI is InChI=1S/C35H69N5O9/c1-30(12-11-18-36)38-20-14-32(42)46-26-7-3-9-28-48-34(44)16-23-40(22-5-6-25-41)24-17-35(45)49-29-10-4-8-27-47-33(43)15-21-39-31(2)13-19-37/h30-31,38-39,41H,3-29,36-37H2,1-2H3. The number of hydrogen-bond acceptors (Lipinski definition) is 14. The topological polar surface area (TPSA) is 205 Å². The third-order valence-electron chi connectivity index (χ3n) is 7.86. The number of unbranched alkanes of at least 4 members (excludes halogenated alkanes) is 5. The third kappa shape index (κ3) is 32.6. The van der Waals surface area contributed by atoms with Gasteiger partial charge in [0.15, 0.2) is 0 Å². The Morgan fingerprint density at radius 1 is 0.551 bits per heavy atom. The predicted octanol–water partition coefficient (Wildman–Crippen LogP) is 2.18. The lowest BCUT2D eigenvalue weighted by Crippen LogP contribution is -2.31. The molecule has 0 amide bonds. The Balaban J connectivity index is 3.96. The number of nitrogens with zero attached hydrogens (tertiary/aromatic N) is 1. The summed E-state index contributed by atoms with van der Waals surface area (Å²) in [7, 11) is 0. The molecule has 288 valence electrons. The minimum atomic E-state index is -0.298. The van der Waals surface area contributed by atoms with Crippen molar-refractivity contribution in [3.05, 3.63) is 0 Å². The molecule has 2 unspecified atom stereocenters. The Morgan fingerprint density at radius 2 is 0.980 bits per heavy atom. The van der Waals surface area contributed by atoms with Gasteiger partial charge in [0.05, 0.1) is 52.1 Å². The molecule has 0 aromatic rings. The summed E-state index contributed by atoms with van der Waals surface area (Å²) in [6.45, 7) is 9.51. The number of aliphatic hydroxyl groups excluding tert-OH is 1. The maximum absolute atomic E-state index is 12.3. The molecule has 0 aromatic carbocycles. The van der Waals surface area contributed by atoms with Crippen molar-refractivity contribution in [2.24, 2.45) is 11.5 Å². The molecule has 0 fully saturated rings. The number of carbonyl (C=O) groups is 4. The summed E-state index contributed by atoms with van der Waals surface area (Å²) in [6.07, 6.45) is 9.62. The second kappa shape index (κ2) is 34.1. The number of ether oxygens (including phenoxy) is 4. The molecule has 0 saturated carbocycles. The van der Waals surface area contributed by atoms with Gasteiger partial charge in [0.25, 0.3) is 0 Å². The summed E-state index contributed by atoms with van der Waals surface area (Å²) < 4.78 is 21.2. The second-order valence-electron chi connectivity index (χ2n) is 12.5. The summed E-state index contributed by atoms with van der Waals surface area (Å²) >= 11 is 0. The summed E-state index contributed by atoms with van der Waals surface area (Å²) in [5.41, 5.74) is 11.0. The molecule has 14 heteroatoms. The molecule has 0 saturated heterocycles. The molecule has 0 rings (SSSR count). The van der Waals surface area contributed by atoms with Crippen LogP contribution in [0.2, 0.25) is 0 Å². The van der Waals surface area contributed by atoms with E-state index in [4.69, 9.17) is 35.5 Å². The Hall–Kier alpha value is -2.36. The zero-order chi connectivity index (χ0) is 36.4. The van der Waals surface area contributed by atoms with E-state index in [2.05, 4.69) is 17.6 Å². The van der Waals surface area contributed by atoms with Gasteiger partial charge in [-0.2, -0.15) is 0 Å². The number of aliphatic hydroxyl groups is 1. The van der Waals surface area contributed by atoms with Crippen molar-refractivity contribution in [3.63, 3.8) is 0 Å². The van der Waals surface area contributed by atoms with Crippen LogP contribution < -0.4 is 22.1 Å². The van der Waals surface area contributed by atoms with Crippen LogP contribution in [0.1, 0.15) is 110 Å². The Labute approximate surface area is 295 Å². The number of nitrogens with two attached hydrogens (primary N) is 2. The largest absolute Gasteiger partial charge is 0.466 e. The van der Waals surface area contributed by atoms with Crippen LogP contribution in [0.25, 0.3) is 0 Å². The average Bonchev–Trinajstić information content (AvgIpc) is 3.07. The molecule has 14 nitrogen and oxygen atoms in total. The van der Waals surface area contributed by atoms with E-state index in [-0.39, 0.29) is 49.4 Å². The highest BCUT2D eigenvalue weighted by Crippen LogP contribution is 2.05. The molecular weight excluding hydrogens is 634 g/mol. The van der Waals surface area contributed by atoms with Crippen LogP contribution in [0.4, 0.5) is 0 Å². The maximum atomic E-state index is 12.3. The molecule has 0 spiro atoms. The maximum Gasteiger partial charge on any atom is 0.307 e. The van der Waals surface area contributed by atoms with Crippen LogP contribution in [-0.4, -0.2) is 125 Å². The zero-order valence-corrected chi connectivity index (χ0v) is 30.6. The van der Waals surface area contributed by atoms with Gasteiger partial charge in [-0.3, -0.25) is 19.2 Å². The molecule has 0 aliphatic carbocycles. The van der Waals surface area contributed by atoms with Crippen molar-refractivity contribution < 1.29 is 43.2 Å². The van der Waals surface area contributed by atoms with E-state index in [1.54, 1.807) is 0 Å². The van der Waals surface area contributed by atoms with E-state index in [9.17, 15) is 19.2 Å². The molecule has 7 N–H and O–H groups in total. The van der Waals surface area contributed by atoms with Crippen molar-refractivity contribution in [2.75, 3.05) is 78.8 Å². The molecule has 0 aliphatic heterocycles. The quantitative estimate of drug-likeness (QED) is 0.0365. The SMILES string of the molecule is CC(CCN)NCCC(=O)OCCCCCOC(=O)CCN(CCCCO)CCC(=O)OCCCCCOC(=O)CCNC(C)CCCN. The molecule has 0 heterocycles. The fourth-order valence-electron chi connectivity index (χ4n) is 4.80. The van der Waals surface area contributed by atoms with Crippen molar-refractivity contribution >= 4 is 23.9 Å². The van der Waals surface area contributed by atoms with Crippen LogP contribution in [0.3, 0.4) is 0 Å². The van der Waals surface area contributed by atoms with Crippen LogP contribution in [0.5, 0.6) is 0 Å². The van der Waals surface area contributed by atoms with Gasteiger partial charge in [0, 0.05) is 44.9 Å². The van der Waals surface area contributed by atoms with E-state index in [0.717, 1.165) is 38.5 Å². The van der Waals surface area contributed by atoms with Gasteiger partial charge in [-0.05, 0) is 104 Å². The van der Waals surface area contributed by atoms with Gasteiger partial charge >= 0.3 is 23.9 Å². The Morgan fingerprint density at radius 3 is 1.39 bits per heavy atom. The molecule has 0 bridgehead atoms. The first kappa shape index (κ1) is 46.6. The molecule has 49 heavy (non-hydrogen) atoms. The number of nitrogens with one attached hydrogen (secondary N) is 2. The van der Waals surface area contributed by atoms with E-state index in [1.165, 1.54) is 0 Å². The van der Waals surface area contributed by atoms with Gasteiger partial charge in [0.2, 0.25) is 0 Å². The van der Waals surface area contributed by atoms with Gasteiger partial charge < -0.3 is 51.1 Å². The Bertz CT molecular complexity index is 837. The smallest absolute Gasteiger partial charge is 0.307 e. The number of carbonyl (C=O) groups excluding carboxylic acids is 4. The van der Waals surface area contributed by atoms with E-state index in [0.29, 0.717) is 123 Å². The zero-order valence-electron chi connectivity index (χ0n) is 30.6. The number of esters is 4.